The summed E-state index contributed by atoms with van der Waals surface area (Å²) < 4.78 is 0. The number of carboxylic acids is 1. The third-order valence-electron chi connectivity index (χ3n) is 3.72. The van der Waals surface area contributed by atoms with Crippen molar-refractivity contribution < 1.29 is 15.0 Å². The lowest BCUT2D eigenvalue weighted by Crippen LogP contribution is -2.42. The van der Waals surface area contributed by atoms with Gasteiger partial charge in [-0.3, -0.25) is 4.90 Å². The third kappa shape index (κ3) is 3.24. The molecule has 1 saturated heterocycles. The fraction of sp³-hybridized carbons (Fsp3) is 0.500. The summed E-state index contributed by atoms with van der Waals surface area (Å²) >= 11 is 0. The van der Waals surface area contributed by atoms with Crippen LogP contribution in [0, 0.1) is 0 Å². The van der Waals surface area contributed by atoms with E-state index in [0.29, 0.717) is 25.1 Å². The predicted octanol–water partition coefficient (Wildman–Crippen LogP) is 1.31. The Bertz CT molecular complexity index is 476. The van der Waals surface area contributed by atoms with E-state index in [9.17, 15) is 15.0 Å². The van der Waals surface area contributed by atoms with Gasteiger partial charge in [0, 0.05) is 25.3 Å². The van der Waals surface area contributed by atoms with E-state index in [4.69, 9.17) is 5.73 Å². The van der Waals surface area contributed by atoms with Crippen molar-refractivity contribution in [2.24, 2.45) is 0 Å². The van der Waals surface area contributed by atoms with Gasteiger partial charge >= 0.3 is 5.97 Å². The van der Waals surface area contributed by atoms with Crippen LogP contribution in [-0.2, 0) is 6.54 Å². The van der Waals surface area contributed by atoms with Gasteiger partial charge in [-0.15, -0.1) is 0 Å². The van der Waals surface area contributed by atoms with Crippen LogP contribution in [0.15, 0.2) is 18.2 Å². The number of hydrogen-bond acceptors (Lipinski definition) is 4. The first kappa shape index (κ1) is 13.8. The maximum Gasteiger partial charge on any atom is 0.338 e. The SMILES string of the molecule is CC1(O)CCN(Cc2cccc(N)c2C(=O)O)CC1. The van der Waals surface area contributed by atoms with E-state index in [1.807, 2.05) is 6.92 Å². The summed E-state index contributed by atoms with van der Waals surface area (Å²) in [5.74, 6) is -0.989. The number of piperidine rings is 1. The molecule has 0 radical (unpaired) electrons. The Morgan fingerprint density at radius 3 is 2.63 bits per heavy atom. The molecule has 5 nitrogen and oxygen atoms in total. The lowest BCUT2D eigenvalue weighted by molar-refractivity contribution is -0.00741. The summed E-state index contributed by atoms with van der Waals surface area (Å²) in [6.45, 7) is 3.93. The molecule has 0 bridgehead atoms. The van der Waals surface area contributed by atoms with Gasteiger partial charge in [-0.05, 0) is 31.4 Å². The molecule has 1 aliphatic heterocycles. The largest absolute Gasteiger partial charge is 0.478 e. The van der Waals surface area contributed by atoms with Crippen LogP contribution in [-0.4, -0.2) is 39.8 Å². The van der Waals surface area contributed by atoms with Crippen molar-refractivity contribution in [2.75, 3.05) is 18.8 Å². The molecule has 0 unspecified atom stereocenters. The summed E-state index contributed by atoms with van der Waals surface area (Å²) in [6.07, 6.45) is 1.41. The standard InChI is InChI=1S/C14H20N2O3/c1-14(19)5-7-16(8-6-14)9-10-3-2-4-11(15)12(10)13(17)18/h2-4,19H,5-9,15H2,1H3,(H,17,18). The lowest BCUT2D eigenvalue weighted by atomic mass is 9.93. The van der Waals surface area contributed by atoms with Crippen LogP contribution in [0.5, 0.6) is 0 Å². The van der Waals surface area contributed by atoms with Gasteiger partial charge in [-0.1, -0.05) is 12.1 Å². The molecule has 5 heteroatoms. The third-order valence-corrected chi connectivity index (χ3v) is 3.72. The number of nitrogen functional groups attached to an aromatic ring is 1. The average Bonchev–Trinajstić information content (AvgIpc) is 2.31. The van der Waals surface area contributed by atoms with Gasteiger partial charge in [0.25, 0.3) is 0 Å². The molecule has 0 amide bonds. The maximum atomic E-state index is 11.2. The number of benzene rings is 1. The van der Waals surface area contributed by atoms with Crippen molar-refractivity contribution in [3.63, 3.8) is 0 Å². The van der Waals surface area contributed by atoms with Gasteiger partial charge in [-0.25, -0.2) is 4.79 Å². The van der Waals surface area contributed by atoms with Gasteiger partial charge in [-0.2, -0.15) is 0 Å². The minimum atomic E-state index is -0.989. The Kier molecular flexibility index (Phi) is 3.78. The number of carbonyl (C=O) groups is 1. The van der Waals surface area contributed by atoms with E-state index in [2.05, 4.69) is 4.90 Å². The van der Waals surface area contributed by atoms with Crippen molar-refractivity contribution in [1.82, 2.24) is 4.90 Å². The van der Waals surface area contributed by atoms with E-state index in [0.717, 1.165) is 18.7 Å². The van der Waals surface area contributed by atoms with E-state index in [1.165, 1.54) is 0 Å². The van der Waals surface area contributed by atoms with Gasteiger partial charge in [0.2, 0.25) is 0 Å². The fourth-order valence-electron chi connectivity index (χ4n) is 2.45. The van der Waals surface area contributed by atoms with Crippen LogP contribution in [0.1, 0.15) is 35.7 Å². The highest BCUT2D eigenvalue weighted by Gasteiger charge is 2.27. The molecular formula is C14H20N2O3. The molecule has 104 valence electrons. The zero-order valence-corrected chi connectivity index (χ0v) is 11.1. The molecule has 4 N–H and O–H groups in total. The first-order chi connectivity index (χ1) is 8.89. The van der Waals surface area contributed by atoms with Crippen LogP contribution in [0.25, 0.3) is 0 Å². The molecule has 1 aliphatic rings. The number of nitrogens with two attached hydrogens (primary N) is 1. The van der Waals surface area contributed by atoms with Crippen molar-refractivity contribution >= 4 is 11.7 Å². The molecule has 1 heterocycles. The molecule has 19 heavy (non-hydrogen) atoms. The van der Waals surface area contributed by atoms with E-state index in [-0.39, 0.29) is 5.56 Å². The Labute approximate surface area is 112 Å². The van der Waals surface area contributed by atoms with E-state index < -0.39 is 11.6 Å². The highest BCUT2D eigenvalue weighted by Crippen LogP contribution is 2.24. The van der Waals surface area contributed by atoms with Crippen molar-refractivity contribution in [2.45, 2.75) is 31.9 Å². The second kappa shape index (κ2) is 5.19. The molecule has 1 aromatic rings. The molecule has 2 rings (SSSR count). The van der Waals surface area contributed by atoms with Crippen LogP contribution >= 0.6 is 0 Å². The second-order valence-electron chi connectivity index (χ2n) is 5.46. The number of aromatic carboxylic acids is 1. The van der Waals surface area contributed by atoms with Crippen molar-refractivity contribution in [3.05, 3.63) is 29.3 Å². The summed E-state index contributed by atoms with van der Waals surface area (Å²) in [5, 5.41) is 19.1. The van der Waals surface area contributed by atoms with Crippen LogP contribution < -0.4 is 5.73 Å². The monoisotopic (exact) mass is 264 g/mol. The number of rotatable bonds is 3. The highest BCUT2D eigenvalue weighted by molar-refractivity contribution is 5.95. The van der Waals surface area contributed by atoms with Crippen LogP contribution in [0.2, 0.25) is 0 Å². The zero-order chi connectivity index (χ0) is 14.0. The Balaban J connectivity index is 2.12. The average molecular weight is 264 g/mol. The molecule has 0 saturated carbocycles. The number of anilines is 1. The Hall–Kier alpha value is -1.59. The van der Waals surface area contributed by atoms with Gasteiger partial charge < -0.3 is 15.9 Å². The number of likely N-dealkylation sites (tertiary alicyclic amines) is 1. The first-order valence-electron chi connectivity index (χ1n) is 6.44. The summed E-state index contributed by atoms with van der Waals surface area (Å²) in [6, 6.07) is 5.18. The van der Waals surface area contributed by atoms with E-state index >= 15 is 0 Å². The molecule has 1 aromatic carbocycles. The van der Waals surface area contributed by atoms with Gasteiger partial charge in [0.1, 0.15) is 0 Å². The topological polar surface area (TPSA) is 86.8 Å². The van der Waals surface area contributed by atoms with Crippen LogP contribution in [0.3, 0.4) is 0 Å². The van der Waals surface area contributed by atoms with Crippen LogP contribution in [0.4, 0.5) is 5.69 Å². The number of hydrogen-bond donors (Lipinski definition) is 3. The predicted molar refractivity (Wildman–Crippen MR) is 72.9 cm³/mol. The highest BCUT2D eigenvalue weighted by atomic mass is 16.4. The Morgan fingerprint density at radius 2 is 2.05 bits per heavy atom. The maximum absolute atomic E-state index is 11.2. The van der Waals surface area contributed by atoms with Crippen molar-refractivity contribution in [1.29, 1.82) is 0 Å². The normalized spacial score (nSPS) is 19.3. The minimum absolute atomic E-state index is 0.194. The first-order valence-corrected chi connectivity index (χ1v) is 6.44. The Morgan fingerprint density at radius 1 is 1.42 bits per heavy atom. The van der Waals surface area contributed by atoms with E-state index in [1.54, 1.807) is 18.2 Å². The molecule has 1 fully saturated rings. The summed E-state index contributed by atoms with van der Waals surface area (Å²) in [4.78, 5) is 13.4. The quantitative estimate of drug-likeness (QED) is 0.717. The van der Waals surface area contributed by atoms with Crippen molar-refractivity contribution in [3.8, 4) is 0 Å². The number of carboxylic acid groups (broad SMARTS) is 1. The molecule has 0 spiro atoms. The smallest absolute Gasteiger partial charge is 0.338 e. The zero-order valence-electron chi connectivity index (χ0n) is 11.1. The summed E-state index contributed by atoms with van der Waals surface area (Å²) in [5.41, 5.74) is 6.36. The molecule has 0 atom stereocenters. The van der Waals surface area contributed by atoms with Gasteiger partial charge in [0.05, 0.1) is 11.2 Å². The minimum Gasteiger partial charge on any atom is -0.478 e. The fourth-order valence-corrected chi connectivity index (χ4v) is 2.45. The van der Waals surface area contributed by atoms with Gasteiger partial charge in [0.15, 0.2) is 0 Å². The summed E-state index contributed by atoms with van der Waals surface area (Å²) in [7, 11) is 0. The second-order valence-corrected chi connectivity index (χ2v) is 5.46. The molecule has 0 aliphatic carbocycles. The molecule has 0 aromatic heterocycles. The lowest BCUT2D eigenvalue weighted by Gasteiger charge is -2.36. The number of aliphatic hydroxyl groups is 1. The molecular weight excluding hydrogens is 244 g/mol. The number of nitrogens with zero attached hydrogens (tertiary/aromatic N) is 1.